The van der Waals surface area contributed by atoms with Gasteiger partial charge in [0, 0.05) is 25.7 Å². The van der Waals surface area contributed by atoms with Crippen LogP contribution in [0.25, 0.3) is 0 Å². The third-order valence-corrected chi connectivity index (χ3v) is 3.91. The number of alkyl halides is 3. The number of anilines is 1. The molecular formula is C17H18F3N3O. The minimum atomic E-state index is -4.47. The lowest BCUT2D eigenvalue weighted by atomic mass is 10.2. The number of pyridine rings is 1. The molecule has 4 nitrogen and oxygen atoms in total. The van der Waals surface area contributed by atoms with E-state index in [1.165, 1.54) is 5.56 Å². The molecule has 0 spiro atoms. The number of halogens is 3. The van der Waals surface area contributed by atoms with E-state index in [0.717, 1.165) is 31.6 Å². The van der Waals surface area contributed by atoms with Crippen molar-refractivity contribution in [2.75, 3.05) is 18.8 Å². The van der Waals surface area contributed by atoms with Crippen molar-refractivity contribution < 1.29 is 17.9 Å². The van der Waals surface area contributed by atoms with E-state index in [-0.39, 0.29) is 17.8 Å². The molecule has 0 bridgehead atoms. The van der Waals surface area contributed by atoms with Gasteiger partial charge in [0.05, 0.1) is 5.56 Å². The minimum Gasteiger partial charge on any atom is -0.473 e. The Kier molecular flexibility index (Phi) is 4.62. The average molecular weight is 337 g/mol. The molecule has 1 unspecified atom stereocenters. The molecule has 1 aromatic carbocycles. The molecule has 7 heteroatoms. The fourth-order valence-electron chi connectivity index (χ4n) is 2.80. The highest BCUT2D eigenvalue weighted by Gasteiger charge is 2.32. The molecule has 128 valence electrons. The van der Waals surface area contributed by atoms with Crippen LogP contribution in [0.1, 0.15) is 17.5 Å². The predicted octanol–water partition coefficient (Wildman–Crippen LogP) is 3.34. The summed E-state index contributed by atoms with van der Waals surface area (Å²) >= 11 is 0. The zero-order chi connectivity index (χ0) is 17.2. The first-order valence-electron chi connectivity index (χ1n) is 7.68. The Hall–Kier alpha value is -2.28. The summed E-state index contributed by atoms with van der Waals surface area (Å²) in [6.45, 7) is 2.26. The molecule has 1 aliphatic heterocycles. The summed E-state index contributed by atoms with van der Waals surface area (Å²) in [5, 5.41) is 0. The van der Waals surface area contributed by atoms with Crippen molar-refractivity contribution >= 4 is 5.82 Å². The van der Waals surface area contributed by atoms with Gasteiger partial charge in [0.1, 0.15) is 11.9 Å². The first kappa shape index (κ1) is 16.6. The molecule has 1 atom stereocenters. The van der Waals surface area contributed by atoms with E-state index in [4.69, 9.17) is 10.5 Å². The van der Waals surface area contributed by atoms with Crippen LogP contribution in [0.15, 0.2) is 42.5 Å². The van der Waals surface area contributed by atoms with E-state index in [0.29, 0.717) is 6.54 Å². The maximum Gasteiger partial charge on any atom is 0.416 e. The number of nitrogens with two attached hydrogens (primary N) is 1. The van der Waals surface area contributed by atoms with Crippen LogP contribution in [0.2, 0.25) is 0 Å². The Morgan fingerprint density at radius 2 is 1.96 bits per heavy atom. The van der Waals surface area contributed by atoms with Gasteiger partial charge in [0.15, 0.2) is 0 Å². The number of ether oxygens (including phenoxy) is 1. The Bertz CT molecular complexity index is 691. The molecule has 0 saturated carbocycles. The Labute approximate surface area is 138 Å². The summed E-state index contributed by atoms with van der Waals surface area (Å²) in [7, 11) is 0. The van der Waals surface area contributed by atoms with Crippen LogP contribution in [0.3, 0.4) is 0 Å². The molecule has 0 radical (unpaired) electrons. The van der Waals surface area contributed by atoms with Crippen LogP contribution < -0.4 is 10.5 Å². The summed E-state index contributed by atoms with van der Waals surface area (Å²) < 4.78 is 44.1. The fourth-order valence-corrected chi connectivity index (χ4v) is 2.80. The SMILES string of the molecule is Nc1cc(C(F)(F)F)cc(OC2CCN(Cc3ccccc3)C2)n1. The van der Waals surface area contributed by atoms with Gasteiger partial charge in [0.2, 0.25) is 5.88 Å². The van der Waals surface area contributed by atoms with E-state index in [9.17, 15) is 13.2 Å². The highest BCUT2D eigenvalue weighted by molar-refractivity contribution is 5.38. The predicted molar refractivity (Wildman–Crippen MR) is 84.4 cm³/mol. The third kappa shape index (κ3) is 4.17. The minimum absolute atomic E-state index is 0.0751. The van der Waals surface area contributed by atoms with Gasteiger partial charge in [-0.3, -0.25) is 4.90 Å². The van der Waals surface area contributed by atoms with Gasteiger partial charge in [-0.1, -0.05) is 30.3 Å². The number of hydrogen-bond donors (Lipinski definition) is 1. The number of nitrogens with zero attached hydrogens (tertiary/aromatic N) is 2. The summed E-state index contributed by atoms with van der Waals surface area (Å²) in [6.07, 6.45) is -3.92. The highest BCUT2D eigenvalue weighted by Crippen LogP contribution is 2.32. The summed E-state index contributed by atoms with van der Waals surface area (Å²) in [6, 6.07) is 11.7. The molecule has 2 aromatic rings. The van der Waals surface area contributed by atoms with Gasteiger partial charge in [-0.05, 0) is 18.1 Å². The number of aromatic nitrogens is 1. The first-order valence-corrected chi connectivity index (χ1v) is 7.68. The Morgan fingerprint density at radius 3 is 2.67 bits per heavy atom. The molecule has 24 heavy (non-hydrogen) atoms. The fraction of sp³-hybridized carbons (Fsp3) is 0.353. The van der Waals surface area contributed by atoms with Crippen molar-refractivity contribution in [1.29, 1.82) is 0 Å². The van der Waals surface area contributed by atoms with E-state index >= 15 is 0 Å². The van der Waals surface area contributed by atoms with Crippen LogP contribution in [-0.2, 0) is 12.7 Å². The number of hydrogen-bond acceptors (Lipinski definition) is 4. The number of benzene rings is 1. The lowest BCUT2D eigenvalue weighted by Gasteiger charge is -2.17. The molecule has 1 fully saturated rings. The lowest BCUT2D eigenvalue weighted by molar-refractivity contribution is -0.137. The Balaban J connectivity index is 1.62. The topological polar surface area (TPSA) is 51.4 Å². The van der Waals surface area contributed by atoms with Crippen LogP contribution in [-0.4, -0.2) is 29.1 Å². The molecular weight excluding hydrogens is 319 g/mol. The zero-order valence-corrected chi connectivity index (χ0v) is 13.0. The molecule has 0 amide bonds. The van der Waals surface area contributed by atoms with Crippen molar-refractivity contribution in [3.8, 4) is 5.88 Å². The van der Waals surface area contributed by atoms with Gasteiger partial charge in [0.25, 0.3) is 0 Å². The third-order valence-electron chi connectivity index (χ3n) is 3.91. The number of rotatable bonds is 4. The molecule has 2 heterocycles. The summed E-state index contributed by atoms with van der Waals surface area (Å²) in [5.41, 5.74) is 5.81. The van der Waals surface area contributed by atoms with Crippen molar-refractivity contribution in [3.63, 3.8) is 0 Å². The van der Waals surface area contributed by atoms with Crippen molar-refractivity contribution in [2.24, 2.45) is 0 Å². The van der Waals surface area contributed by atoms with E-state index in [1.807, 2.05) is 30.3 Å². The van der Waals surface area contributed by atoms with Crippen molar-refractivity contribution in [2.45, 2.75) is 25.2 Å². The zero-order valence-electron chi connectivity index (χ0n) is 13.0. The van der Waals surface area contributed by atoms with Gasteiger partial charge in [-0.25, -0.2) is 0 Å². The normalized spacial score (nSPS) is 18.7. The molecule has 2 N–H and O–H groups in total. The monoisotopic (exact) mass is 337 g/mol. The van der Waals surface area contributed by atoms with Crippen LogP contribution in [0.4, 0.5) is 19.0 Å². The average Bonchev–Trinajstić information content (AvgIpc) is 2.94. The summed E-state index contributed by atoms with van der Waals surface area (Å²) in [5.74, 6) is -0.271. The van der Waals surface area contributed by atoms with Crippen LogP contribution >= 0.6 is 0 Å². The molecule has 3 rings (SSSR count). The van der Waals surface area contributed by atoms with Crippen LogP contribution in [0, 0.1) is 0 Å². The van der Waals surface area contributed by atoms with E-state index in [1.54, 1.807) is 0 Å². The Morgan fingerprint density at radius 1 is 1.21 bits per heavy atom. The van der Waals surface area contributed by atoms with Crippen LogP contribution in [0.5, 0.6) is 5.88 Å². The standard InChI is InChI=1S/C17H18F3N3O/c18-17(19,20)13-8-15(21)22-16(9-13)24-14-6-7-23(11-14)10-12-4-2-1-3-5-12/h1-5,8-9,14H,6-7,10-11H2,(H2,21,22). The van der Waals surface area contributed by atoms with E-state index in [2.05, 4.69) is 9.88 Å². The molecule has 0 aliphatic carbocycles. The number of nitrogen functional groups attached to an aromatic ring is 1. The second kappa shape index (κ2) is 6.68. The van der Waals surface area contributed by atoms with Crippen molar-refractivity contribution in [3.05, 3.63) is 53.6 Å². The van der Waals surface area contributed by atoms with Crippen molar-refractivity contribution in [1.82, 2.24) is 9.88 Å². The largest absolute Gasteiger partial charge is 0.473 e. The quantitative estimate of drug-likeness (QED) is 0.930. The molecule has 1 aromatic heterocycles. The first-order chi connectivity index (χ1) is 11.4. The smallest absolute Gasteiger partial charge is 0.416 e. The number of likely N-dealkylation sites (tertiary alicyclic amines) is 1. The second-order valence-electron chi connectivity index (χ2n) is 5.87. The van der Waals surface area contributed by atoms with E-state index < -0.39 is 11.7 Å². The van der Waals surface area contributed by atoms with Gasteiger partial charge in [-0.2, -0.15) is 18.2 Å². The molecule has 1 aliphatic rings. The molecule has 1 saturated heterocycles. The highest BCUT2D eigenvalue weighted by atomic mass is 19.4. The van der Waals surface area contributed by atoms with Gasteiger partial charge in [-0.15, -0.1) is 0 Å². The lowest BCUT2D eigenvalue weighted by Crippen LogP contribution is -2.25. The summed E-state index contributed by atoms with van der Waals surface area (Å²) in [4.78, 5) is 6.06. The maximum absolute atomic E-state index is 12.8. The second-order valence-corrected chi connectivity index (χ2v) is 5.87. The van der Waals surface area contributed by atoms with Gasteiger partial charge < -0.3 is 10.5 Å². The van der Waals surface area contributed by atoms with Gasteiger partial charge >= 0.3 is 6.18 Å². The maximum atomic E-state index is 12.8.